The van der Waals surface area contributed by atoms with E-state index in [1.807, 2.05) is 0 Å². The molecule has 2 rings (SSSR count). The fourth-order valence-electron chi connectivity index (χ4n) is 2.62. The number of hydrogen-bond acceptors (Lipinski definition) is 4. The topological polar surface area (TPSA) is 71.1 Å². The van der Waals surface area contributed by atoms with Crippen LogP contribution in [0.2, 0.25) is 0 Å². The van der Waals surface area contributed by atoms with Crippen LogP contribution in [-0.4, -0.2) is 36.8 Å². The molecule has 1 aromatic rings. The first-order chi connectivity index (χ1) is 10.2. The second kappa shape index (κ2) is 7.26. The molecule has 0 saturated carbocycles. The first-order valence-electron chi connectivity index (χ1n) is 7.29. The minimum atomic E-state index is -0.406. The maximum Gasteiger partial charge on any atom is 0.172 e. The summed E-state index contributed by atoms with van der Waals surface area (Å²) in [5.74, 6) is -0.489. The van der Waals surface area contributed by atoms with Crippen LogP contribution in [0.4, 0.5) is 10.1 Å². The number of oxime groups is 1. The number of ether oxygens (including phenoxy) is 1. The van der Waals surface area contributed by atoms with E-state index in [9.17, 15) is 4.39 Å². The van der Waals surface area contributed by atoms with Gasteiger partial charge in [0.25, 0.3) is 0 Å². The summed E-state index contributed by atoms with van der Waals surface area (Å²) in [7, 11) is 0. The molecular weight excluding hydrogens is 273 g/mol. The summed E-state index contributed by atoms with van der Waals surface area (Å²) in [4.78, 5) is 2.11. The maximum absolute atomic E-state index is 13.4. The minimum Gasteiger partial charge on any atom is -0.409 e. The number of amidine groups is 1. The summed E-state index contributed by atoms with van der Waals surface area (Å²) in [6, 6.07) is 4.35. The van der Waals surface area contributed by atoms with Gasteiger partial charge in [-0.25, -0.2) is 4.39 Å². The quantitative estimate of drug-likeness (QED) is 0.378. The summed E-state index contributed by atoms with van der Waals surface area (Å²) in [5.41, 5.74) is 6.85. The van der Waals surface area contributed by atoms with Crippen molar-refractivity contribution >= 4 is 11.5 Å². The molecule has 1 unspecified atom stereocenters. The zero-order chi connectivity index (χ0) is 15.2. The van der Waals surface area contributed by atoms with Gasteiger partial charge in [0.05, 0.1) is 6.10 Å². The first kappa shape index (κ1) is 15.6. The van der Waals surface area contributed by atoms with E-state index < -0.39 is 5.82 Å². The fourth-order valence-corrected chi connectivity index (χ4v) is 2.62. The second-order valence-corrected chi connectivity index (χ2v) is 5.23. The van der Waals surface area contributed by atoms with Crippen molar-refractivity contribution in [1.82, 2.24) is 0 Å². The van der Waals surface area contributed by atoms with Gasteiger partial charge in [0.15, 0.2) is 5.84 Å². The molecule has 6 heteroatoms. The highest BCUT2D eigenvalue weighted by Crippen LogP contribution is 2.26. The fraction of sp³-hybridized carbons (Fsp3) is 0.533. The van der Waals surface area contributed by atoms with Crippen LogP contribution in [0, 0.1) is 5.82 Å². The van der Waals surface area contributed by atoms with Crippen LogP contribution in [0.25, 0.3) is 0 Å². The molecule has 1 heterocycles. The van der Waals surface area contributed by atoms with Gasteiger partial charge < -0.3 is 20.6 Å². The Morgan fingerprint density at radius 3 is 3.10 bits per heavy atom. The lowest BCUT2D eigenvalue weighted by atomic mass is 10.0. The van der Waals surface area contributed by atoms with E-state index in [-0.39, 0.29) is 11.9 Å². The highest BCUT2D eigenvalue weighted by molar-refractivity contribution is 6.02. The van der Waals surface area contributed by atoms with E-state index in [4.69, 9.17) is 15.7 Å². The molecule has 0 aliphatic carbocycles. The van der Waals surface area contributed by atoms with E-state index in [1.54, 1.807) is 6.07 Å². The van der Waals surface area contributed by atoms with Crippen LogP contribution in [-0.2, 0) is 4.74 Å². The molecule has 3 N–H and O–H groups in total. The predicted octanol–water partition coefficient (Wildman–Crippen LogP) is 2.32. The molecule has 1 aromatic carbocycles. The van der Waals surface area contributed by atoms with Crippen molar-refractivity contribution in [3.63, 3.8) is 0 Å². The average molecular weight is 295 g/mol. The number of hydrogen-bond donors (Lipinski definition) is 2. The number of rotatable bonds is 5. The van der Waals surface area contributed by atoms with Gasteiger partial charge in [-0.05, 0) is 37.5 Å². The van der Waals surface area contributed by atoms with E-state index >= 15 is 0 Å². The number of nitrogens with two attached hydrogens (primary N) is 1. The Morgan fingerprint density at radius 1 is 1.57 bits per heavy atom. The second-order valence-electron chi connectivity index (χ2n) is 5.23. The molecule has 116 valence electrons. The molecule has 0 spiro atoms. The molecule has 0 radical (unpaired) electrons. The van der Waals surface area contributed by atoms with Gasteiger partial charge in [-0.3, -0.25) is 0 Å². The lowest BCUT2D eigenvalue weighted by Crippen LogP contribution is -2.40. The summed E-state index contributed by atoms with van der Waals surface area (Å²) in [6.07, 6.45) is 3.18. The van der Waals surface area contributed by atoms with Gasteiger partial charge in [-0.1, -0.05) is 12.1 Å². The van der Waals surface area contributed by atoms with Gasteiger partial charge in [-0.2, -0.15) is 0 Å². The lowest BCUT2D eigenvalue weighted by Gasteiger charge is -2.35. The van der Waals surface area contributed by atoms with Gasteiger partial charge in [0, 0.05) is 30.9 Å². The van der Waals surface area contributed by atoms with Crippen molar-refractivity contribution < 1.29 is 14.3 Å². The van der Waals surface area contributed by atoms with Gasteiger partial charge in [-0.15, -0.1) is 0 Å². The third-order valence-electron chi connectivity index (χ3n) is 3.62. The minimum absolute atomic E-state index is 0.0823. The Hall–Kier alpha value is -1.82. The zero-order valence-electron chi connectivity index (χ0n) is 12.3. The third-order valence-corrected chi connectivity index (χ3v) is 3.62. The molecule has 21 heavy (non-hydrogen) atoms. The number of benzene rings is 1. The molecule has 1 aliphatic heterocycles. The Bertz CT molecular complexity index is 508. The Morgan fingerprint density at radius 2 is 2.38 bits per heavy atom. The Kier molecular flexibility index (Phi) is 5.38. The lowest BCUT2D eigenvalue weighted by molar-refractivity contribution is 0.0440. The average Bonchev–Trinajstić information content (AvgIpc) is 2.52. The zero-order valence-corrected chi connectivity index (χ0v) is 12.3. The normalized spacial score (nSPS) is 19.8. The number of anilines is 1. The van der Waals surface area contributed by atoms with Gasteiger partial charge in [0.1, 0.15) is 5.82 Å². The molecule has 5 nitrogen and oxygen atoms in total. The molecule has 0 aromatic heterocycles. The van der Waals surface area contributed by atoms with Crippen molar-refractivity contribution in [1.29, 1.82) is 0 Å². The van der Waals surface area contributed by atoms with Crippen LogP contribution in [0.1, 0.15) is 31.7 Å². The van der Waals surface area contributed by atoms with E-state index in [1.165, 1.54) is 12.1 Å². The van der Waals surface area contributed by atoms with Gasteiger partial charge in [0.2, 0.25) is 0 Å². The largest absolute Gasteiger partial charge is 0.409 e. The van der Waals surface area contributed by atoms with Crippen molar-refractivity contribution in [2.24, 2.45) is 10.9 Å². The number of nitrogens with zero attached hydrogens (tertiary/aromatic N) is 2. The van der Waals surface area contributed by atoms with Crippen molar-refractivity contribution in [2.45, 2.75) is 32.3 Å². The van der Waals surface area contributed by atoms with Crippen LogP contribution < -0.4 is 10.6 Å². The predicted molar refractivity (Wildman–Crippen MR) is 80.4 cm³/mol. The van der Waals surface area contributed by atoms with Crippen molar-refractivity contribution in [3.05, 3.63) is 29.6 Å². The smallest absolute Gasteiger partial charge is 0.172 e. The van der Waals surface area contributed by atoms with Gasteiger partial charge >= 0.3 is 0 Å². The molecule has 1 saturated heterocycles. The first-order valence-corrected chi connectivity index (χ1v) is 7.29. The highest BCUT2D eigenvalue weighted by Gasteiger charge is 2.23. The highest BCUT2D eigenvalue weighted by atomic mass is 19.1. The van der Waals surface area contributed by atoms with E-state index in [2.05, 4.69) is 17.0 Å². The van der Waals surface area contributed by atoms with Crippen LogP contribution in [0.5, 0.6) is 0 Å². The SMILES string of the molecule is CCCOC1CCCN(c2ccc(F)cc2C(N)=NO)C1. The van der Waals surface area contributed by atoms with E-state index in [0.717, 1.165) is 44.6 Å². The third kappa shape index (κ3) is 3.85. The van der Waals surface area contributed by atoms with Crippen LogP contribution in [0.15, 0.2) is 23.4 Å². The Labute approximate surface area is 124 Å². The number of piperidine rings is 1. The van der Waals surface area contributed by atoms with Crippen LogP contribution in [0.3, 0.4) is 0 Å². The standard InChI is InChI=1S/C15H22FN3O2/c1-2-8-21-12-4-3-7-19(10-12)14-6-5-11(16)9-13(14)15(17)18-20/h5-6,9,12,20H,2-4,7-8,10H2,1H3,(H2,17,18). The summed E-state index contributed by atoms with van der Waals surface area (Å²) >= 11 is 0. The molecule has 1 fully saturated rings. The maximum atomic E-state index is 13.4. The number of halogens is 1. The monoisotopic (exact) mass is 295 g/mol. The Balaban J connectivity index is 2.20. The van der Waals surface area contributed by atoms with Crippen molar-refractivity contribution in [3.8, 4) is 0 Å². The summed E-state index contributed by atoms with van der Waals surface area (Å²) < 4.78 is 19.2. The molecule has 0 amide bonds. The van der Waals surface area contributed by atoms with Crippen LogP contribution >= 0.6 is 0 Å². The molecule has 1 atom stereocenters. The summed E-state index contributed by atoms with van der Waals surface area (Å²) in [6.45, 7) is 4.41. The molecule has 0 bridgehead atoms. The van der Waals surface area contributed by atoms with Crippen molar-refractivity contribution in [2.75, 3.05) is 24.6 Å². The molecule has 1 aliphatic rings. The molecular formula is C15H22FN3O2. The summed E-state index contributed by atoms with van der Waals surface area (Å²) in [5, 5.41) is 11.9. The van der Waals surface area contributed by atoms with E-state index in [0.29, 0.717) is 5.56 Å².